The van der Waals surface area contributed by atoms with Gasteiger partial charge in [-0.15, -0.1) is 0 Å². The Bertz CT molecular complexity index is 1370. The molecule has 1 aliphatic heterocycles. The van der Waals surface area contributed by atoms with E-state index < -0.39 is 6.04 Å². The summed E-state index contributed by atoms with van der Waals surface area (Å²) in [5.41, 5.74) is 3.74. The van der Waals surface area contributed by atoms with Crippen molar-refractivity contribution in [3.63, 3.8) is 0 Å². The third kappa shape index (κ3) is 5.52. The smallest absolute Gasteiger partial charge is 0.275 e. The monoisotopic (exact) mass is 497 g/mol. The zero-order chi connectivity index (χ0) is 25.8. The zero-order valence-corrected chi connectivity index (χ0v) is 21.1. The van der Waals surface area contributed by atoms with Crippen molar-refractivity contribution in [1.82, 2.24) is 10.3 Å². The number of aryl methyl sites for hydroxylation is 2. The summed E-state index contributed by atoms with van der Waals surface area (Å²) in [5.74, 6) is 0.399. The maximum Gasteiger partial charge on any atom is 0.275 e. The van der Waals surface area contributed by atoms with Crippen LogP contribution in [0.2, 0.25) is 0 Å². The van der Waals surface area contributed by atoms with Gasteiger partial charge < -0.3 is 19.5 Å². The highest BCUT2D eigenvalue weighted by Gasteiger charge is 2.36. The highest BCUT2D eigenvalue weighted by molar-refractivity contribution is 6.09. The average molecular weight is 498 g/mol. The summed E-state index contributed by atoms with van der Waals surface area (Å²) >= 11 is 0. The molecule has 1 saturated heterocycles. The maximum absolute atomic E-state index is 14.1. The van der Waals surface area contributed by atoms with Gasteiger partial charge >= 0.3 is 0 Å². The molecule has 0 saturated carbocycles. The number of benzene rings is 2. The largest absolute Gasteiger partial charge is 0.464 e. The third-order valence-electron chi connectivity index (χ3n) is 6.56. The van der Waals surface area contributed by atoms with Crippen molar-refractivity contribution in [3.8, 4) is 11.3 Å². The molecule has 1 fully saturated rings. The van der Waals surface area contributed by atoms with Crippen molar-refractivity contribution in [3.05, 3.63) is 102 Å². The summed E-state index contributed by atoms with van der Waals surface area (Å²) in [6.07, 6.45) is 1.85. The van der Waals surface area contributed by atoms with E-state index in [2.05, 4.69) is 10.3 Å². The Labute approximate surface area is 216 Å². The molecule has 0 aliphatic carbocycles. The number of nitrogens with zero attached hydrogens (tertiary/aromatic N) is 1. The van der Waals surface area contributed by atoms with E-state index in [0.29, 0.717) is 36.1 Å². The quantitative estimate of drug-likeness (QED) is 0.333. The molecule has 0 radical (unpaired) electrons. The van der Waals surface area contributed by atoms with E-state index in [4.69, 9.17) is 9.15 Å². The molecule has 37 heavy (non-hydrogen) atoms. The summed E-state index contributed by atoms with van der Waals surface area (Å²) in [6.45, 7) is 4.86. The summed E-state index contributed by atoms with van der Waals surface area (Å²) in [6, 6.07) is 23.5. The standard InChI is InChI=1S/C30H31N3O4/c1-20-8-6-11-23(18-20)33(30(35)26-15-14-25(32-26)22-9-4-3-5-10-22)28(27-16-13-21(2)37-27)29(34)31-19-24-12-7-17-36-24/h3-6,8-11,13-16,18,24,28,32H,7,12,17,19H2,1-2H3,(H,31,34). The Hall–Kier alpha value is -4.10. The molecule has 2 atom stereocenters. The molecule has 2 unspecified atom stereocenters. The topological polar surface area (TPSA) is 87.6 Å². The number of aromatic amines is 1. The minimum Gasteiger partial charge on any atom is -0.464 e. The van der Waals surface area contributed by atoms with Crippen LogP contribution in [-0.4, -0.2) is 36.1 Å². The Balaban J connectivity index is 1.54. The van der Waals surface area contributed by atoms with Gasteiger partial charge in [0.15, 0.2) is 6.04 Å². The van der Waals surface area contributed by atoms with Crippen LogP contribution in [0, 0.1) is 13.8 Å². The molecule has 2 N–H and O–H groups in total. The molecular weight excluding hydrogens is 466 g/mol. The lowest BCUT2D eigenvalue weighted by Crippen LogP contribution is -2.45. The van der Waals surface area contributed by atoms with E-state index in [1.54, 1.807) is 18.2 Å². The summed E-state index contributed by atoms with van der Waals surface area (Å²) < 4.78 is 11.6. The highest BCUT2D eigenvalue weighted by atomic mass is 16.5. The van der Waals surface area contributed by atoms with E-state index in [1.165, 1.54) is 4.90 Å². The van der Waals surface area contributed by atoms with Crippen LogP contribution in [0.4, 0.5) is 5.69 Å². The lowest BCUT2D eigenvalue weighted by molar-refractivity contribution is -0.123. The molecule has 5 rings (SSSR count). The maximum atomic E-state index is 14.1. The molecule has 2 aromatic heterocycles. The fourth-order valence-corrected chi connectivity index (χ4v) is 4.69. The number of amides is 2. The van der Waals surface area contributed by atoms with Crippen LogP contribution in [0.3, 0.4) is 0 Å². The fourth-order valence-electron chi connectivity index (χ4n) is 4.69. The van der Waals surface area contributed by atoms with Gasteiger partial charge in [-0.3, -0.25) is 14.5 Å². The van der Waals surface area contributed by atoms with E-state index >= 15 is 0 Å². The molecule has 190 valence electrons. The van der Waals surface area contributed by atoms with Gasteiger partial charge in [0, 0.05) is 24.5 Å². The van der Waals surface area contributed by atoms with Crippen LogP contribution in [0.15, 0.2) is 83.3 Å². The number of aromatic nitrogens is 1. The average Bonchev–Trinajstić information content (AvgIpc) is 3.68. The molecule has 2 amide bonds. The number of carbonyl (C=O) groups excluding carboxylic acids is 2. The molecule has 1 aliphatic rings. The molecule has 0 spiro atoms. The zero-order valence-electron chi connectivity index (χ0n) is 21.1. The number of H-pyrrole nitrogens is 1. The van der Waals surface area contributed by atoms with Gasteiger partial charge in [-0.2, -0.15) is 0 Å². The van der Waals surface area contributed by atoms with Crippen LogP contribution in [0.5, 0.6) is 0 Å². The summed E-state index contributed by atoms with van der Waals surface area (Å²) in [5, 5.41) is 3.01. The second-order valence-electron chi connectivity index (χ2n) is 9.40. The fraction of sp³-hybridized carbons (Fsp3) is 0.267. The first-order valence-electron chi connectivity index (χ1n) is 12.6. The van der Waals surface area contributed by atoms with Crippen LogP contribution >= 0.6 is 0 Å². The van der Waals surface area contributed by atoms with E-state index in [-0.39, 0.29) is 17.9 Å². The van der Waals surface area contributed by atoms with Crippen molar-refractivity contribution < 1.29 is 18.7 Å². The minimum atomic E-state index is -1.01. The van der Waals surface area contributed by atoms with Crippen LogP contribution in [-0.2, 0) is 9.53 Å². The van der Waals surface area contributed by atoms with E-state index in [1.807, 2.05) is 74.5 Å². The van der Waals surface area contributed by atoms with Crippen LogP contribution in [0.25, 0.3) is 11.3 Å². The van der Waals surface area contributed by atoms with Crippen molar-refractivity contribution in [2.45, 2.75) is 38.8 Å². The third-order valence-corrected chi connectivity index (χ3v) is 6.56. The molecular formula is C30H31N3O4. The molecule has 7 heteroatoms. The minimum absolute atomic E-state index is 0.0251. The van der Waals surface area contributed by atoms with Crippen molar-refractivity contribution in [1.29, 1.82) is 0 Å². The first-order chi connectivity index (χ1) is 18.0. The summed E-state index contributed by atoms with van der Waals surface area (Å²) in [4.78, 5) is 32.6. The van der Waals surface area contributed by atoms with Crippen LogP contribution in [0.1, 0.15) is 46.5 Å². The predicted octanol–water partition coefficient (Wildman–Crippen LogP) is 5.57. The molecule has 7 nitrogen and oxygen atoms in total. The first kappa shape index (κ1) is 24.6. The van der Waals surface area contributed by atoms with Gasteiger partial charge in [0.05, 0.1) is 6.10 Å². The highest BCUT2D eigenvalue weighted by Crippen LogP contribution is 2.32. The van der Waals surface area contributed by atoms with Gasteiger partial charge in [0.25, 0.3) is 11.8 Å². The predicted molar refractivity (Wildman–Crippen MR) is 142 cm³/mol. The number of furan rings is 1. The SMILES string of the molecule is Cc1cccc(N(C(=O)c2ccc(-c3ccccc3)[nH]2)C(C(=O)NCC2CCCO2)c2ccc(C)o2)c1. The normalized spacial score (nSPS) is 15.9. The number of rotatable bonds is 8. The number of carbonyl (C=O) groups is 2. The Morgan fingerprint density at radius 1 is 1.03 bits per heavy atom. The number of hydrogen-bond donors (Lipinski definition) is 2. The molecule has 2 aromatic carbocycles. The van der Waals surface area contributed by atoms with E-state index in [0.717, 1.165) is 29.7 Å². The van der Waals surface area contributed by atoms with Crippen molar-refractivity contribution in [2.75, 3.05) is 18.1 Å². The first-order valence-corrected chi connectivity index (χ1v) is 12.6. The molecule has 0 bridgehead atoms. The second-order valence-corrected chi connectivity index (χ2v) is 9.40. The molecule has 4 aromatic rings. The molecule has 3 heterocycles. The second kappa shape index (κ2) is 10.9. The van der Waals surface area contributed by atoms with Crippen molar-refractivity contribution >= 4 is 17.5 Å². The number of hydrogen-bond acceptors (Lipinski definition) is 4. The number of nitrogens with one attached hydrogen (secondary N) is 2. The Kier molecular flexibility index (Phi) is 7.23. The van der Waals surface area contributed by atoms with Gasteiger partial charge in [0.2, 0.25) is 0 Å². The van der Waals surface area contributed by atoms with Gasteiger partial charge in [0.1, 0.15) is 17.2 Å². The van der Waals surface area contributed by atoms with Gasteiger partial charge in [-0.1, -0.05) is 42.5 Å². The number of ether oxygens (including phenoxy) is 1. The van der Waals surface area contributed by atoms with Gasteiger partial charge in [-0.05, 0) is 74.2 Å². The Morgan fingerprint density at radius 2 is 1.86 bits per heavy atom. The lowest BCUT2D eigenvalue weighted by atomic mass is 10.1. The number of anilines is 1. The van der Waals surface area contributed by atoms with E-state index in [9.17, 15) is 9.59 Å². The van der Waals surface area contributed by atoms with Crippen LogP contribution < -0.4 is 10.2 Å². The van der Waals surface area contributed by atoms with Gasteiger partial charge in [-0.25, -0.2) is 0 Å². The lowest BCUT2D eigenvalue weighted by Gasteiger charge is -2.30. The van der Waals surface area contributed by atoms with Crippen molar-refractivity contribution in [2.24, 2.45) is 0 Å². The Morgan fingerprint density at radius 3 is 2.57 bits per heavy atom. The summed E-state index contributed by atoms with van der Waals surface area (Å²) in [7, 11) is 0.